The topological polar surface area (TPSA) is 74.8 Å². The number of pyridine rings is 1. The van der Waals surface area contributed by atoms with Gasteiger partial charge < -0.3 is 10.3 Å². The number of nitrogens with one attached hydrogen (secondary N) is 2. The Labute approximate surface area is 169 Å². The van der Waals surface area contributed by atoms with Crippen LogP contribution in [0.5, 0.6) is 0 Å². The summed E-state index contributed by atoms with van der Waals surface area (Å²) < 4.78 is 0. The molecule has 0 saturated carbocycles. The van der Waals surface area contributed by atoms with Crippen molar-refractivity contribution in [1.82, 2.24) is 9.97 Å². The van der Waals surface area contributed by atoms with Gasteiger partial charge in [-0.3, -0.25) is 9.59 Å². The van der Waals surface area contributed by atoms with Gasteiger partial charge in [-0.2, -0.15) is 0 Å². The number of thiazole rings is 1. The summed E-state index contributed by atoms with van der Waals surface area (Å²) in [6.07, 6.45) is 0. The Morgan fingerprint density at radius 3 is 2.89 bits per heavy atom. The predicted octanol–water partition coefficient (Wildman–Crippen LogP) is 4.84. The first-order chi connectivity index (χ1) is 13.6. The molecule has 1 amide bonds. The van der Waals surface area contributed by atoms with Gasteiger partial charge >= 0.3 is 0 Å². The van der Waals surface area contributed by atoms with Gasteiger partial charge in [-0.25, -0.2) is 4.98 Å². The summed E-state index contributed by atoms with van der Waals surface area (Å²) in [6.45, 7) is 1.84. The number of amides is 1. The normalized spacial score (nSPS) is 10.9. The number of benzene rings is 2. The number of carbonyl (C=O) groups excluding carboxylic acids is 1. The van der Waals surface area contributed by atoms with Gasteiger partial charge in [0.05, 0.1) is 16.8 Å². The Bertz CT molecular complexity index is 1200. The van der Waals surface area contributed by atoms with E-state index >= 15 is 0 Å². The van der Waals surface area contributed by atoms with Crippen LogP contribution in [0.1, 0.15) is 21.7 Å². The number of aryl methyl sites for hydroxylation is 1. The summed E-state index contributed by atoms with van der Waals surface area (Å²) in [5, 5.41) is 5.46. The molecule has 0 radical (unpaired) electrons. The maximum absolute atomic E-state index is 12.8. The third-order valence-corrected chi connectivity index (χ3v) is 5.96. The highest BCUT2D eigenvalue weighted by Gasteiger charge is 2.13. The summed E-state index contributed by atoms with van der Waals surface area (Å²) in [4.78, 5) is 33.4. The minimum atomic E-state index is -0.204. The lowest BCUT2D eigenvalue weighted by atomic mass is 10.1. The van der Waals surface area contributed by atoms with Crippen LogP contribution < -0.4 is 10.7 Å². The van der Waals surface area contributed by atoms with E-state index in [1.165, 1.54) is 0 Å². The number of fused-ring (bicyclic) bond motifs is 1. The van der Waals surface area contributed by atoms with E-state index in [2.05, 4.69) is 15.3 Å². The first-order valence-electron chi connectivity index (χ1n) is 8.64. The Morgan fingerprint density at radius 1 is 1.21 bits per heavy atom. The maximum atomic E-state index is 12.8. The third-order valence-electron chi connectivity index (χ3n) is 4.21. The van der Waals surface area contributed by atoms with Gasteiger partial charge in [0, 0.05) is 44.4 Å². The summed E-state index contributed by atoms with van der Waals surface area (Å²) in [6, 6.07) is 14.3. The van der Waals surface area contributed by atoms with Gasteiger partial charge in [0.25, 0.3) is 5.91 Å². The number of aromatic amines is 1. The summed E-state index contributed by atoms with van der Waals surface area (Å²) in [5.41, 5.74) is 5.47. The van der Waals surface area contributed by atoms with E-state index < -0.39 is 0 Å². The van der Waals surface area contributed by atoms with Crippen LogP contribution in [0, 0.1) is 6.92 Å². The van der Waals surface area contributed by atoms with Gasteiger partial charge in [0.1, 0.15) is 0 Å². The molecular formula is C21H17N3O2S2. The Morgan fingerprint density at radius 2 is 2.07 bits per heavy atom. The largest absolute Gasteiger partial charge is 0.358 e. The number of hydrogen-bond donors (Lipinski definition) is 2. The Balaban J connectivity index is 1.57. The fraction of sp³-hybridized carbons (Fsp3) is 0.0952. The van der Waals surface area contributed by atoms with Crippen LogP contribution in [0.4, 0.5) is 5.69 Å². The first kappa shape index (κ1) is 18.5. The lowest BCUT2D eigenvalue weighted by molar-refractivity contribution is 0.102. The highest BCUT2D eigenvalue weighted by Crippen LogP contribution is 2.27. The minimum Gasteiger partial charge on any atom is -0.358 e. The minimum absolute atomic E-state index is 0.0680. The second-order valence-electron chi connectivity index (χ2n) is 6.30. The molecule has 0 aliphatic rings. The number of thioether (sulfide) groups is 1. The molecule has 0 bridgehead atoms. The standard InChI is InChI=1S/C21H17N3O2S2/c1-13-8-19(25)17-9-14(6-7-18(17)23-13)24-21(26)16-4-2-3-5-20(16)28-11-15-10-27-12-22-15/h2-10,12H,11H2,1H3,(H,23,25)(H,24,26). The molecule has 0 aliphatic carbocycles. The SMILES string of the molecule is Cc1cc(=O)c2cc(NC(=O)c3ccccc3SCc3cscn3)ccc2[nH]1. The summed E-state index contributed by atoms with van der Waals surface area (Å²) in [5.74, 6) is 0.502. The maximum Gasteiger partial charge on any atom is 0.256 e. The molecule has 0 unspecified atom stereocenters. The van der Waals surface area contributed by atoms with Crippen molar-refractivity contribution in [2.75, 3.05) is 5.32 Å². The van der Waals surface area contributed by atoms with Crippen molar-refractivity contribution in [2.24, 2.45) is 0 Å². The van der Waals surface area contributed by atoms with E-state index in [9.17, 15) is 9.59 Å². The van der Waals surface area contributed by atoms with Crippen LogP contribution >= 0.6 is 23.1 Å². The van der Waals surface area contributed by atoms with Gasteiger partial charge in [0.15, 0.2) is 5.43 Å². The molecule has 4 rings (SSSR count). The molecule has 2 aromatic carbocycles. The van der Waals surface area contributed by atoms with Gasteiger partial charge in [-0.05, 0) is 37.3 Å². The molecule has 4 aromatic rings. The summed E-state index contributed by atoms with van der Waals surface area (Å²) >= 11 is 3.14. The van der Waals surface area contributed by atoms with Gasteiger partial charge in [-0.15, -0.1) is 23.1 Å². The van der Waals surface area contributed by atoms with Crippen LogP contribution in [0.2, 0.25) is 0 Å². The third kappa shape index (κ3) is 4.00. The molecule has 2 aromatic heterocycles. The number of rotatable bonds is 5. The van der Waals surface area contributed by atoms with E-state index in [1.54, 1.807) is 52.9 Å². The number of nitrogens with zero attached hydrogens (tertiary/aromatic N) is 1. The van der Waals surface area contributed by atoms with E-state index in [0.29, 0.717) is 22.4 Å². The van der Waals surface area contributed by atoms with Crippen LogP contribution in [0.15, 0.2) is 69.1 Å². The van der Waals surface area contributed by atoms with Crippen molar-refractivity contribution >= 4 is 45.6 Å². The fourth-order valence-corrected chi connectivity index (χ4v) is 4.51. The van der Waals surface area contributed by atoms with Gasteiger partial charge in [0.2, 0.25) is 0 Å². The zero-order valence-corrected chi connectivity index (χ0v) is 16.7. The fourth-order valence-electron chi connectivity index (χ4n) is 2.90. The predicted molar refractivity (Wildman–Crippen MR) is 115 cm³/mol. The van der Waals surface area contributed by atoms with Crippen molar-refractivity contribution in [3.05, 3.63) is 86.6 Å². The lowest BCUT2D eigenvalue weighted by Crippen LogP contribution is -2.13. The summed E-state index contributed by atoms with van der Waals surface area (Å²) in [7, 11) is 0. The number of carbonyl (C=O) groups is 1. The Kier molecular flexibility index (Phi) is 5.27. The molecule has 7 heteroatoms. The second kappa shape index (κ2) is 8.00. The van der Waals surface area contributed by atoms with Crippen molar-refractivity contribution in [3.8, 4) is 0 Å². The van der Waals surface area contributed by atoms with E-state index in [1.807, 2.05) is 36.6 Å². The van der Waals surface area contributed by atoms with Crippen molar-refractivity contribution in [1.29, 1.82) is 0 Å². The molecule has 140 valence electrons. The first-order valence-corrected chi connectivity index (χ1v) is 10.6. The zero-order valence-electron chi connectivity index (χ0n) is 15.1. The molecule has 2 heterocycles. The highest BCUT2D eigenvalue weighted by atomic mass is 32.2. The molecule has 0 aliphatic heterocycles. The molecule has 0 spiro atoms. The number of anilines is 1. The number of H-pyrrole nitrogens is 1. The quantitative estimate of drug-likeness (QED) is 0.464. The van der Waals surface area contributed by atoms with E-state index in [4.69, 9.17) is 0 Å². The molecule has 0 saturated heterocycles. The van der Waals surface area contributed by atoms with Crippen molar-refractivity contribution in [2.45, 2.75) is 17.6 Å². The zero-order chi connectivity index (χ0) is 19.5. The Hall–Kier alpha value is -2.90. The molecule has 0 atom stereocenters. The molecule has 28 heavy (non-hydrogen) atoms. The van der Waals surface area contributed by atoms with Crippen molar-refractivity contribution < 1.29 is 4.79 Å². The lowest BCUT2D eigenvalue weighted by Gasteiger charge is -2.10. The average Bonchev–Trinajstić information content (AvgIpc) is 3.20. The molecular weight excluding hydrogens is 390 g/mol. The highest BCUT2D eigenvalue weighted by molar-refractivity contribution is 7.98. The van der Waals surface area contributed by atoms with E-state index in [-0.39, 0.29) is 11.3 Å². The van der Waals surface area contributed by atoms with Crippen LogP contribution in [-0.4, -0.2) is 15.9 Å². The van der Waals surface area contributed by atoms with E-state index in [0.717, 1.165) is 21.8 Å². The average molecular weight is 408 g/mol. The van der Waals surface area contributed by atoms with Crippen molar-refractivity contribution in [3.63, 3.8) is 0 Å². The van der Waals surface area contributed by atoms with Gasteiger partial charge in [-0.1, -0.05) is 12.1 Å². The van der Waals surface area contributed by atoms with Crippen LogP contribution in [0.3, 0.4) is 0 Å². The second-order valence-corrected chi connectivity index (χ2v) is 8.03. The smallest absolute Gasteiger partial charge is 0.256 e. The van der Waals surface area contributed by atoms with Crippen LogP contribution in [-0.2, 0) is 5.75 Å². The number of hydrogen-bond acceptors (Lipinski definition) is 5. The molecule has 5 nitrogen and oxygen atoms in total. The molecule has 2 N–H and O–H groups in total. The van der Waals surface area contributed by atoms with Crippen LogP contribution in [0.25, 0.3) is 10.9 Å². The monoisotopic (exact) mass is 407 g/mol. The number of aromatic nitrogens is 2. The molecule has 0 fully saturated rings.